The third-order valence-electron chi connectivity index (χ3n) is 5.91. The second-order valence-corrected chi connectivity index (χ2v) is 11.4. The zero-order valence-electron chi connectivity index (χ0n) is 20.0. The smallest absolute Gasteiger partial charge is 0.428 e. The Morgan fingerprint density at radius 3 is 2.26 bits per heavy atom. The van der Waals surface area contributed by atoms with Crippen LogP contribution >= 0.6 is 11.6 Å². The molecule has 0 aliphatic carbocycles. The van der Waals surface area contributed by atoms with Crippen LogP contribution in [-0.2, 0) is 22.8 Å². The van der Waals surface area contributed by atoms with Gasteiger partial charge in [0.15, 0.2) is 11.6 Å². The second kappa shape index (κ2) is 11.2. The van der Waals surface area contributed by atoms with Gasteiger partial charge in [-0.05, 0) is 74.2 Å². The van der Waals surface area contributed by atoms with Crippen LogP contribution in [0, 0.1) is 17.5 Å². The minimum atomic E-state index is -4.94. The van der Waals surface area contributed by atoms with Gasteiger partial charge in [-0.25, -0.2) is 17.4 Å². The van der Waals surface area contributed by atoms with Crippen molar-refractivity contribution in [1.29, 1.82) is 0 Å². The molecule has 0 spiro atoms. The largest absolute Gasteiger partial charge is 0.461 e. The van der Waals surface area contributed by atoms with E-state index in [9.17, 15) is 34.9 Å². The van der Waals surface area contributed by atoms with Crippen LogP contribution in [0.25, 0.3) is 0 Å². The van der Waals surface area contributed by atoms with Gasteiger partial charge in [-0.3, -0.25) is 10.1 Å². The van der Waals surface area contributed by atoms with Crippen molar-refractivity contribution in [2.45, 2.75) is 49.4 Å². The van der Waals surface area contributed by atoms with Crippen LogP contribution in [-0.4, -0.2) is 26.5 Å². The van der Waals surface area contributed by atoms with Gasteiger partial charge in [0, 0.05) is 17.7 Å². The predicted molar refractivity (Wildman–Crippen MR) is 129 cm³/mol. The van der Waals surface area contributed by atoms with Crippen LogP contribution in [0.3, 0.4) is 0 Å². The number of hydrogen-bond donors (Lipinski definition) is 1. The van der Waals surface area contributed by atoms with Crippen molar-refractivity contribution in [2.24, 2.45) is 5.14 Å². The molecule has 0 aliphatic heterocycles. The van der Waals surface area contributed by atoms with E-state index in [1.165, 1.54) is 38.2 Å². The van der Waals surface area contributed by atoms with Gasteiger partial charge in [-0.2, -0.15) is 17.6 Å². The molecule has 0 amide bonds. The van der Waals surface area contributed by atoms with Gasteiger partial charge in [0.2, 0.25) is 0 Å². The van der Waals surface area contributed by atoms with Crippen LogP contribution in [0.2, 0.25) is 5.02 Å². The molecular formula is C25H22ClF7N2O2S. The molecule has 1 unspecified atom stereocenters. The Bertz CT molecular complexity index is 1330. The quantitative estimate of drug-likeness (QED) is 0.270. The fourth-order valence-electron chi connectivity index (χ4n) is 4.15. The molecule has 206 valence electrons. The van der Waals surface area contributed by atoms with E-state index in [0.717, 1.165) is 24.3 Å². The molecule has 1 heterocycles. The minimum absolute atomic E-state index is 0.115. The lowest BCUT2D eigenvalue weighted by Crippen LogP contribution is -2.43. The van der Waals surface area contributed by atoms with E-state index >= 15 is 0 Å². The number of halogens is 8. The molecule has 0 saturated carbocycles. The lowest BCUT2D eigenvalue weighted by Gasteiger charge is -2.40. The van der Waals surface area contributed by atoms with Crippen LogP contribution in [0.5, 0.6) is 5.75 Å². The molecule has 13 heteroatoms. The van der Waals surface area contributed by atoms with Crippen molar-refractivity contribution in [3.05, 3.63) is 94.0 Å². The average molecular weight is 583 g/mol. The van der Waals surface area contributed by atoms with Crippen LogP contribution in [0.4, 0.5) is 30.7 Å². The number of aromatic nitrogens is 1. The molecule has 2 N–H and O–H groups in total. The van der Waals surface area contributed by atoms with Crippen LogP contribution in [0.1, 0.15) is 37.1 Å². The van der Waals surface area contributed by atoms with E-state index in [4.69, 9.17) is 16.7 Å². The maximum Gasteiger partial charge on any atom is 0.461 e. The first-order valence-corrected chi connectivity index (χ1v) is 12.5. The Balaban J connectivity index is 2.34. The first kappa shape index (κ1) is 29.9. The highest BCUT2D eigenvalue weighted by Crippen LogP contribution is 2.45. The van der Waals surface area contributed by atoms with E-state index in [-0.39, 0.29) is 34.7 Å². The zero-order chi connectivity index (χ0) is 28.5. The number of nitrogens with two attached hydrogens (primary N) is 1. The molecule has 2 atom stereocenters. The Labute approximate surface area is 221 Å². The molecule has 38 heavy (non-hydrogen) atoms. The van der Waals surface area contributed by atoms with E-state index in [1.54, 1.807) is 0 Å². The number of nitrogens with zero attached hydrogens (tertiary/aromatic N) is 1. The molecule has 4 nitrogen and oxygen atoms in total. The third-order valence-corrected chi connectivity index (χ3v) is 7.37. The van der Waals surface area contributed by atoms with Gasteiger partial charge in [-0.1, -0.05) is 17.7 Å². The van der Waals surface area contributed by atoms with Gasteiger partial charge >= 0.3 is 12.5 Å². The van der Waals surface area contributed by atoms with Gasteiger partial charge < -0.3 is 4.74 Å². The fraction of sp³-hybridized carbons (Fsp3) is 0.320. The normalized spacial score (nSPS) is 14.8. The van der Waals surface area contributed by atoms with Crippen molar-refractivity contribution in [3.8, 4) is 5.75 Å². The van der Waals surface area contributed by atoms with Crippen LogP contribution < -0.4 is 9.88 Å². The summed E-state index contributed by atoms with van der Waals surface area (Å²) in [6.45, 7) is 3.03. The summed E-state index contributed by atoms with van der Waals surface area (Å²) in [6.07, 6.45) is -8.37. The van der Waals surface area contributed by atoms with Crippen molar-refractivity contribution >= 4 is 22.6 Å². The lowest BCUT2D eigenvalue weighted by atomic mass is 9.67. The fourth-order valence-corrected chi connectivity index (χ4v) is 4.65. The molecule has 3 rings (SSSR count). The van der Waals surface area contributed by atoms with Crippen molar-refractivity contribution in [2.75, 3.05) is 0 Å². The zero-order valence-corrected chi connectivity index (χ0v) is 21.5. The second-order valence-electron chi connectivity index (χ2n) is 9.24. The molecule has 2 aromatic carbocycles. The molecular weight excluding hydrogens is 561 g/mol. The topological polar surface area (TPSA) is 65.2 Å². The van der Waals surface area contributed by atoms with Gasteiger partial charge in [-0.15, -0.1) is 0 Å². The lowest BCUT2D eigenvalue weighted by molar-refractivity contribution is -0.253. The van der Waals surface area contributed by atoms with Gasteiger partial charge in [0.1, 0.15) is 11.6 Å². The number of rotatable bonds is 10. The highest BCUT2D eigenvalue weighted by Gasteiger charge is 2.46. The van der Waals surface area contributed by atoms with Crippen molar-refractivity contribution in [3.63, 3.8) is 0 Å². The van der Waals surface area contributed by atoms with Crippen molar-refractivity contribution in [1.82, 2.24) is 4.98 Å². The Morgan fingerprint density at radius 2 is 1.71 bits per heavy atom. The molecule has 3 aromatic rings. The maximum atomic E-state index is 14.8. The number of hydrogen-bond acceptors (Lipinski definition) is 3. The number of alkyl halides is 4. The number of ether oxygens (including phenoxy) is 1. The summed E-state index contributed by atoms with van der Waals surface area (Å²) >= 11 is 5.99. The monoisotopic (exact) mass is 582 g/mol. The summed E-state index contributed by atoms with van der Waals surface area (Å²) in [5, 5.41) is 5.92. The van der Waals surface area contributed by atoms with Crippen LogP contribution in [0.15, 0.2) is 54.7 Å². The Hall–Kier alpha value is -2.70. The maximum absolute atomic E-state index is 14.8. The molecule has 0 fully saturated rings. The highest BCUT2D eigenvalue weighted by molar-refractivity contribution is 7.84. The van der Waals surface area contributed by atoms with E-state index < -0.39 is 56.9 Å². The SMILES string of the molecule is CC(C)(C[C@](Cc1ccc(F)c(F)c1)(c1cc(F)cc(OC(F)(F)C(F)F)c1)c1ccc(Cl)cn1)S(N)=O. The summed E-state index contributed by atoms with van der Waals surface area (Å²) in [5.41, 5.74) is -1.41. The van der Waals surface area contributed by atoms with Gasteiger partial charge in [0.05, 0.1) is 26.4 Å². The standard InChI is InChI=1S/C25H22ClF7N2O2S/c1-23(2,38(34)36)13-24(21-6-4-16(26)12-35-21,11-14-3-5-19(28)20(29)7-14)15-8-17(27)10-18(9-15)37-25(32,33)22(30)31/h3-10,12,22H,11,13,34H2,1-2H3/t24-,38?/m1/s1. The van der Waals surface area contributed by atoms with Gasteiger partial charge in [0.25, 0.3) is 0 Å². The summed E-state index contributed by atoms with van der Waals surface area (Å²) in [6, 6.07) is 8.17. The number of pyridine rings is 1. The van der Waals surface area contributed by atoms with E-state index in [2.05, 4.69) is 9.72 Å². The average Bonchev–Trinajstić information content (AvgIpc) is 2.80. The third kappa shape index (κ3) is 6.65. The summed E-state index contributed by atoms with van der Waals surface area (Å²) < 4.78 is 111. The van der Waals surface area contributed by atoms with E-state index in [1.807, 2.05) is 0 Å². The Kier molecular flexibility index (Phi) is 8.79. The molecule has 0 radical (unpaired) electrons. The summed E-state index contributed by atoms with van der Waals surface area (Å²) in [4.78, 5) is 4.30. The summed E-state index contributed by atoms with van der Waals surface area (Å²) in [7, 11) is -2.01. The first-order chi connectivity index (χ1) is 17.6. The minimum Gasteiger partial charge on any atom is -0.428 e. The first-order valence-electron chi connectivity index (χ1n) is 10.9. The molecule has 0 aliphatic rings. The summed E-state index contributed by atoms with van der Waals surface area (Å²) in [5.74, 6) is -4.39. The van der Waals surface area contributed by atoms with Crippen molar-refractivity contribution < 1.29 is 39.7 Å². The Morgan fingerprint density at radius 1 is 1.03 bits per heavy atom. The predicted octanol–water partition coefficient (Wildman–Crippen LogP) is 6.71. The number of benzene rings is 2. The molecule has 0 saturated heterocycles. The molecule has 0 bridgehead atoms. The van der Waals surface area contributed by atoms with E-state index in [0.29, 0.717) is 6.07 Å². The molecule has 1 aromatic heterocycles. The highest BCUT2D eigenvalue weighted by atomic mass is 35.5.